The number of nitrogens with zero attached hydrogens (tertiary/aromatic N) is 1. The lowest BCUT2D eigenvalue weighted by atomic mass is 10.3. The van der Waals surface area contributed by atoms with E-state index in [0.717, 1.165) is 29.8 Å². The van der Waals surface area contributed by atoms with Crippen LogP contribution in [0, 0.1) is 0 Å². The van der Waals surface area contributed by atoms with Crippen molar-refractivity contribution in [1.82, 2.24) is 4.90 Å². The molecule has 2 aliphatic rings. The van der Waals surface area contributed by atoms with Gasteiger partial charge in [0.25, 0.3) is 11.1 Å². The van der Waals surface area contributed by atoms with Gasteiger partial charge in [-0.3, -0.25) is 14.4 Å². The average Bonchev–Trinajstić information content (AvgIpc) is 2.84. The third-order valence-electron chi connectivity index (χ3n) is 3.76. The first-order chi connectivity index (χ1) is 11.6. The topological polar surface area (TPSA) is 80.2 Å². The average molecular weight is 348 g/mol. The Morgan fingerprint density at radius 2 is 1.96 bits per heavy atom. The molecule has 3 rings (SSSR count). The van der Waals surface area contributed by atoms with Gasteiger partial charge in [-0.15, -0.1) is 0 Å². The van der Waals surface area contributed by atoms with Crippen LogP contribution in [-0.2, 0) is 14.3 Å². The van der Waals surface area contributed by atoms with Gasteiger partial charge in [0.05, 0.1) is 18.1 Å². The Kier molecular flexibility index (Phi) is 5.29. The van der Waals surface area contributed by atoms with E-state index in [1.807, 2.05) is 6.07 Å². The van der Waals surface area contributed by atoms with Crippen molar-refractivity contribution in [2.75, 3.05) is 38.3 Å². The smallest absolute Gasteiger partial charge is 0.298 e. The molecule has 126 valence electrons. The zero-order valence-corrected chi connectivity index (χ0v) is 13.8. The molecule has 1 aromatic rings. The number of thioether (sulfide) groups is 1. The normalized spacial score (nSPS) is 20.7. The van der Waals surface area contributed by atoms with Gasteiger partial charge in [0, 0.05) is 11.8 Å². The number of nitrogens with one attached hydrogen (secondary N) is 2. The Morgan fingerprint density at radius 3 is 2.67 bits per heavy atom. The number of ether oxygens (including phenoxy) is 1. The molecule has 0 aliphatic carbocycles. The second kappa shape index (κ2) is 7.61. The Labute approximate surface area is 143 Å². The van der Waals surface area contributed by atoms with Crippen LogP contribution >= 0.6 is 11.8 Å². The molecule has 0 unspecified atom stereocenters. The van der Waals surface area contributed by atoms with E-state index in [2.05, 4.69) is 5.32 Å². The van der Waals surface area contributed by atoms with E-state index in [4.69, 9.17) is 4.74 Å². The summed E-state index contributed by atoms with van der Waals surface area (Å²) in [7, 11) is 0. The maximum Gasteiger partial charge on any atom is 0.298 e. The van der Waals surface area contributed by atoms with E-state index < -0.39 is 11.8 Å². The Bertz CT molecular complexity index is 671. The number of hydrogen-bond donors (Lipinski definition) is 2. The molecular formula is C16H18N3O4S+. The summed E-state index contributed by atoms with van der Waals surface area (Å²) < 4.78 is 5.27. The van der Waals surface area contributed by atoms with E-state index in [0.29, 0.717) is 25.6 Å². The molecule has 8 heteroatoms. The quantitative estimate of drug-likeness (QED) is 0.753. The highest BCUT2D eigenvalue weighted by atomic mass is 32.2. The summed E-state index contributed by atoms with van der Waals surface area (Å²) in [5.74, 6) is -0.836. The highest BCUT2D eigenvalue weighted by Gasteiger charge is 2.38. The number of quaternary nitrogens is 1. The SMILES string of the molecule is O=C(/C=C1\SC(=O)N(C[NH+]2CCOCC2)C1=O)Nc1ccccc1. The molecule has 0 spiro atoms. The van der Waals surface area contributed by atoms with E-state index in [9.17, 15) is 14.4 Å². The molecule has 0 aromatic heterocycles. The number of morpholine rings is 1. The van der Waals surface area contributed by atoms with Gasteiger partial charge in [-0.2, -0.15) is 0 Å². The van der Waals surface area contributed by atoms with Crippen LogP contribution in [0.5, 0.6) is 0 Å². The van der Waals surface area contributed by atoms with Gasteiger partial charge in [0.2, 0.25) is 5.91 Å². The van der Waals surface area contributed by atoms with Crippen molar-refractivity contribution in [2.24, 2.45) is 0 Å². The fourth-order valence-electron chi connectivity index (χ4n) is 2.50. The molecule has 2 aliphatic heterocycles. The summed E-state index contributed by atoms with van der Waals surface area (Å²) in [5, 5.41) is 2.33. The number of rotatable bonds is 4. The van der Waals surface area contributed by atoms with Crippen LogP contribution < -0.4 is 10.2 Å². The number of hydrogen-bond acceptors (Lipinski definition) is 5. The Morgan fingerprint density at radius 1 is 1.25 bits per heavy atom. The number of anilines is 1. The second-order valence-corrected chi connectivity index (χ2v) is 6.48. The van der Waals surface area contributed by atoms with Crippen molar-refractivity contribution in [3.63, 3.8) is 0 Å². The maximum atomic E-state index is 12.4. The lowest BCUT2D eigenvalue weighted by Gasteiger charge is -2.26. The summed E-state index contributed by atoms with van der Waals surface area (Å²) >= 11 is 0.802. The first-order valence-corrected chi connectivity index (χ1v) is 8.48. The molecule has 3 amide bonds. The molecule has 2 fully saturated rings. The molecule has 2 saturated heterocycles. The third-order valence-corrected chi connectivity index (χ3v) is 4.67. The maximum absolute atomic E-state index is 12.4. The summed E-state index contributed by atoms with van der Waals surface area (Å²) in [5.41, 5.74) is 0.635. The molecule has 2 heterocycles. The molecule has 0 radical (unpaired) electrons. The van der Waals surface area contributed by atoms with E-state index in [1.54, 1.807) is 24.3 Å². The minimum atomic E-state index is -0.426. The molecule has 1 aromatic carbocycles. The van der Waals surface area contributed by atoms with Crippen LogP contribution in [0.3, 0.4) is 0 Å². The van der Waals surface area contributed by atoms with Crippen LogP contribution in [-0.4, -0.2) is 54.9 Å². The van der Waals surface area contributed by atoms with Crippen molar-refractivity contribution < 1.29 is 24.0 Å². The molecular weight excluding hydrogens is 330 g/mol. The van der Waals surface area contributed by atoms with Gasteiger partial charge in [-0.1, -0.05) is 18.2 Å². The molecule has 0 bridgehead atoms. The summed E-state index contributed by atoms with van der Waals surface area (Å²) in [6.07, 6.45) is 1.19. The lowest BCUT2D eigenvalue weighted by molar-refractivity contribution is -0.915. The Balaban J connectivity index is 1.63. The van der Waals surface area contributed by atoms with Crippen molar-refractivity contribution in [3.05, 3.63) is 41.3 Å². The zero-order chi connectivity index (χ0) is 16.9. The van der Waals surface area contributed by atoms with Gasteiger partial charge in [-0.25, -0.2) is 4.90 Å². The number of para-hydroxylation sites is 1. The summed E-state index contributed by atoms with van der Waals surface area (Å²) in [6.45, 7) is 3.08. The fraction of sp³-hybridized carbons (Fsp3) is 0.312. The minimum Gasteiger partial charge on any atom is -0.370 e. The van der Waals surface area contributed by atoms with Crippen molar-refractivity contribution in [2.45, 2.75) is 0 Å². The Hall–Kier alpha value is -2.16. The van der Waals surface area contributed by atoms with Crippen LogP contribution in [0.4, 0.5) is 10.5 Å². The number of imide groups is 1. The van der Waals surface area contributed by atoms with E-state index in [1.165, 1.54) is 11.0 Å². The predicted octanol–water partition coefficient (Wildman–Crippen LogP) is 0.0770. The number of amides is 3. The van der Waals surface area contributed by atoms with Crippen LogP contribution in [0.25, 0.3) is 0 Å². The third kappa shape index (κ3) is 4.02. The van der Waals surface area contributed by atoms with Crippen molar-refractivity contribution >= 4 is 34.5 Å². The minimum absolute atomic E-state index is 0.154. The first-order valence-electron chi connectivity index (χ1n) is 7.66. The van der Waals surface area contributed by atoms with E-state index in [-0.39, 0.29) is 10.1 Å². The largest absolute Gasteiger partial charge is 0.370 e. The van der Waals surface area contributed by atoms with Crippen LogP contribution in [0.2, 0.25) is 0 Å². The monoisotopic (exact) mass is 348 g/mol. The molecule has 2 N–H and O–H groups in total. The summed E-state index contributed by atoms with van der Waals surface area (Å²) in [4.78, 5) is 38.9. The summed E-state index contributed by atoms with van der Waals surface area (Å²) in [6, 6.07) is 8.94. The highest BCUT2D eigenvalue weighted by molar-refractivity contribution is 8.18. The van der Waals surface area contributed by atoms with Crippen molar-refractivity contribution in [3.8, 4) is 0 Å². The predicted molar refractivity (Wildman–Crippen MR) is 89.4 cm³/mol. The van der Waals surface area contributed by atoms with Gasteiger partial charge in [0.15, 0.2) is 6.67 Å². The van der Waals surface area contributed by atoms with Gasteiger partial charge >= 0.3 is 0 Å². The lowest BCUT2D eigenvalue weighted by Crippen LogP contribution is -3.15. The fourth-order valence-corrected chi connectivity index (χ4v) is 3.31. The highest BCUT2D eigenvalue weighted by Crippen LogP contribution is 2.29. The standard InChI is InChI=1S/C16H17N3O4S/c20-14(17-12-4-2-1-3-5-12)10-13-15(21)19(16(22)24-13)11-18-6-8-23-9-7-18/h1-5,10H,6-9,11H2,(H,17,20)/p+1/b13-10-. The second-order valence-electron chi connectivity index (χ2n) is 5.49. The molecule has 7 nitrogen and oxygen atoms in total. The number of benzene rings is 1. The van der Waals surface area contributed by atoms with E-state index >= 15 is 0 Å². The molecule has 24 heavy (non-hydrogen) atoms. The van der Waals surface area contributed by atoms with Crippen LogP contribution in [0.1, 0.15) is 0 Å². The molecule has 0 atom stereocenters. The molecule has 0 saturated carbocycles. The van der Waals surface area contributed by atoms with Crippen molar-refractivity contribution in [1.29, 1.82) is 0 Å². The zero-order valence-electron chi connectivity index (χ0n) is 13.0. The number of carbonyl (C=O) groups excluding carboxylic acids is 3. The van der Waals surface area contributed by atoms with Gasteiger partial charge in [-0.05, 0) is 23.9 Å². The van der Waals surface area contributed by atoms with Gasteiger partial charge in [0.1, 0.15) is 13.1 Å². The number of carbonyl (C=O) groups is 3. The first kappa shape index (κ1) is 16.7. The van der Waals surface area contributed by atoms with Crippen LogP contribution in [0.15, 0.2) is 41.3 Å². The van der Waals surface area contributed by atoms with Gasteiger partial charge < -0.3 is 15.0 Å².